The zero-order valence-electron chi connectivity index (χ0n) is 34.5. The lowest BCUT2D eigenvalue weighted by molar-refractivity contribution is 0.674. The fourth-order valence-electron chi connectivity index (χ4n) is 11.0. The van der Waals surface area contributed by atoms with Crippen molar-refractivity contribution in [2.75, 3.05) is 0 Å². The Morgan fingerprint density at radius 1 is 0.484 bits per heavy atom. The van der Waals surface area contributed by atoms with Crippen LogP contribution in [0.3, 0.4) is 0 Å². The fraction of sp³-hybridized carbons (Fsp3) is 0.0345. The molecule has 0 radical (unpaired) electrons. The largest absolute Gasteiger partial charge is 0.344 e. The van der Waals surface area contributed by atoms with Crippen LogP contribution >= 0.6 is 11.8 Å². The number of amidine groups is 2. The van der Waals surface area contributed by atoms with Crippen molar-refractivity contribution in [1.29, 1.82) is 0 Å². The zero-order chi connectivity index (χ0) is 41.9. The normalized spacial score (nSPS) is 17.2. The van der Waals surface area contributed by atoms with Crippen molar-refractivity contribution in [2.24, 2.45) is 9.98 Å². The zero-order valence-corrected chi connectivity index (χ0v) is 35.3. The van der Waals surface area contributed by atoms with E-state index in [1.165, 1.54) is 75.8 Å². The predicted molar refractivity (Wildman–Crippen MR) is 263 cm³/mol. The molecular formula is C58H37N5S. The van der Waals surface area contributed by atoms with Crippen molar-refractivity contribution in [3.63, 3.8) is 0 Å². The number of aromatic nitrogens is 2. The summed E-state index contributed by atoms with van der Waals surface area (Å²) in [7, 11) is 0. The minimum absolute atomic E-state index is 0.281. The van der Waals surface area contributed by atoms with Crippen LogP contribution < -0.4 is 5.32 Å². The first-order chi connectivity index (χ1) is 31.8. The Morgan fingerprint density at radius 3 is 2.00 bits per heavy atom. The maximum absolute atomic E-state index is 5.24. The second-order valence-corrected chi connectivity index (χ2v) is 17.9. The molecule has 2 unspecified atom stereocenters. The van der Waals surface area contributed by atoms with Gasteiger partial charge in [0.15, 0.2) is 5.84 Å². The van der Waals surface area contributed by atoms with Crippen LogP contribution in [0.4, 0.5) is 0 Å². The monoisotopic (exact) mass is 835 g/mol. The molecule has 2 atom stereocenters. The minimum atomic E-state index is -0.564. The molecule has 6 heteroatoms. The van der Waals surface area contributed by atoms with E-state index < -0.39 is 5.41 Å². The third kappa shape index (κ3) is 4.86. The average molecular weight is 836 g/mol. The smallest absolute Gasteiger partial charge is 0.159 e. The Bertz CT molecular complexity index is 3800. The molecule has 5 heterocycles. The Kier molecular flexibility index (Phi) is 7.54. The molecule has 300 valence electrons. The van der Waals surface area contributed by atoms with Crippen molar-refractivity contribution in [3.8, 4) is 11.4 Å². The van der Waals surface area contributed by atoms with Gasteiger partial charge in [-0.3, -0.25) is 0 Å². The highest BCUT2D eigenvalue weighted by molar-refractivity contribution is 7.99. The molecule has 3 aliphatic rings. The molecule has 1 N–H and O–H groups in total. The van der Waals surface area contributed by atoms with E-state index in [1.54, 1.807) is 0 Å². The molecule has 5 nitrogen and oxygen atoms in total. The molecule has 11 aromatic rings. The molecule has 3 aliphatic heterocycles. The van der Waals surface area contributed by atoms with Gasteiger partial charge >= 0.3 is 0 Å². The van der Waals surface area contributed by atoms with Gasteiger partial charge in [0.25, 0.3) is 0 Å². The van der Waals surface area contributed by atoms with Gasteiger partial charge in [0.05, 0.1) is 33.2 Å². The Morgan fingerprint density at radius 2 is 1.14 bits per heavy atom. The van der Waals surface area contributed by atoms with E-state index in [1.807, 2.05) is 23.9 Å². The molecule has 0 saturated heterocycles. The summed E-state index contributed by atoms with van der Waals surface area (Å²) < 4.78 is 4.96. The summed E-state index contributed by atoms with van der Waals surface area (Å²) in [6, 6.07) is 77.3. The van der Waals surface area contributed by atoms with Crippen LogP contribution in [-0.4, -0.2) is 20.8 Å². The van der Waals surface area contributed by atoms with Gasteiger partial charge in [-0.05, 0) is 70.3 Å². The van der Waals surface area contributed by atoms with Gasteiger partial charge in [0.1, 0.15) is 12.0 Å². The van der Waals surface area contributed by atoms with Crippen LogP contribution in [0.2, 0.25) is 0 Å². The van der Waals surface area contributed by atoms with Crippen LogP contribution in [0.1, 0.15) is 45.1 Å². The lowest BCUT2D eigenvalue weighted by Crippen LogP contribution is -2.37. The lowest BCUT2D eigenvalue weighted by atomic mass is 9.62. The van der Waals surface area contributed by atoms with Crippen molar-refractivity contribution >= 4 is 67.0 Å². The van der Waals surface area contributed by atoms with Crippen molar-refractivity contribution in [3.05, 3.63) is 251 Å². The summed E-state index contributed by atoms with van der Waals surface area (Å²) in [5.74, 6) is 1.50. The number of nitrogens with one attached hydrogen (secondary N) is 1. The third-order valence-corrected chi connectivity index (χ3v) is 14.8. The standard InChI is InChI=1S/C58H37N5S/c1-3-17-36(18-4-1)55-59-56(37-19-5-2-6-20-37)61-57(60-55)38-21-15-22-39(35-38)62-48-30-12-8-24-42(48)52-50(62)34-33-46-54(52)64-51-32-14-10-27-44(51)58(46)43-26-9-13-31-49(43)63-47-29-11-7-23-40(47)41-25-16-28-45(58)53(41)63/h1-35,55H,(H,59,60,61). The molecule has 2 aromatic heterocycles. The number of benzene rings is 9. The van der Waals surface area contributed by atoms with Gasteiger partial charge in [-0.15, -0.1) is 0 Å². The molecule has 64 heavy (non-hydrogen) atoms. The molecular weight excluding hydrogens is 799 g/mol. The highest BCUT2D eigenvalue weighted by Crippen LogP contribution is 2.62. The number of rotatable bonds is 4. The number of fused-ring (bicyclic) bond motifs is 15. The first-order valence-electron chi connectivity index (χ1n) is 21.9. The van der Waals surface area contributed by atoms with Gasteiger partial charge in [-0.1, -0.05) is 182 Å². The highest BCUT2D eigenvalue weighted by atomic mass is 32.2. The topological polar surface area (TPSA) is 46.6 Å². The third-order valence-electron chi connectivity index (χ3n) is 13.6. The molecule has 0 bridgehead atoms. The number of hydrogen-bond donors (Lipinski definition) is 1. The van der Waals surface area contributed by atoms with Crippen molar-refractivity contribution in [1.82, 2.24) is 14.5 Å². The number of hydrogen-bond acceptors (Lipinski definition) is 4. The molecule has 0 amide bonds. The van der Waals surface area contributed by atoms with Crippen LogP contribution in [0.15, 0.2) is 232 Å². The summed E-state index contributed by atoms with van der Waals surface area (Å²) >= 11 is 1.91. The molecule has 0 aliphatic carbocycles. The average Bonchev–Trinajstić information content (AvgIpc) is 3.90. The van der Waals surface area contributed by atoms with E-state index >= 15 is 0 Å². The van der Waals surface area contributed by atoms with E-state index in [2.05, 4.69) is 215 Å². The minimum Gasteiger partial charge on any atom is -0.344 e. The Labute approximate surface area is 373 Å². The summed E-state index contributed by atoms with van der Waals surface area (Å²) in [6.07, 6.45) is -0.281. The first-order valence-corrected chi connectivity index (χ1v) is 22.7. The van der Waals surface area contributed by atoms with E-state index in [4.69, 9.17) is 9.98 Å². The van der Waals surface area contributed by atoms with Crippen molar-refractivity contribution in [2.45, 2.75) is 21.4 Å². The first kappa shape index (κ1) is 35.6. The number of para-hydroxylation sites is 4. The highest BCUT2D eigenvalue weighted by Gasteiger charge is 2.50. The fourth-order valence-corrected chi connectivity index (χ4v) is 12.4. The second-order valence-electron chi connectivity index (χ2n) is 16.9. The lowest BCUT2D eigenvalue weighted by Gasteiger charge is -2.45. The summed E-state index contributed by atoms with van der Waals surface area (Å²) in [5, 5.41) is 8.67. The summed E-state index contributed by atoms with van der Waals surface area (Å²) in [4.78, 5) is 13.0. The predicted octanol–water partition coefficient (Wildman–Crippen LogP) is 13.5. The van der Waals surface area contributed by atoms with E-state index in [0.717, 1.165) is 33.7 Å². The number of nitrogens with zero attached hydrogens (tertiary/aromatic N) is 4. The van der Waals surface area contributed by atoms with Gasteiger partial charge in [-0.2, -0.15) is 0 Å². The maximum atomic E-state index is 5.24. The SMILES string of the molecule is c1ccc(C2=NC(c3cccc(-n4c5ccccc5c5c6c(ccc54)C4(c5ccccc5S6)c5ccccc5-n5c6ccccc6c6cccc4c65)c3)=NC(c3ccccc3)N2)cc1. The molecule has 0 saturated carbocycles. The quantitative estimate of drug-likeness (QED) is 0.192. The summed E-state index contributed by atoms with van der Waals surface area (Å²) in [6.45, 7) is 0. The Balaban J connectivity index is 1.02. The van der Waals surface area contributed by atoms with E-state index in [-0.39, 0.29) is 6.17 Å². The van der Waals surface area contributed by atoms with Crippen LogP contribution in [0, 0.1) is 0 Å². The van der Waals surface area contributed by atoms with E-state index in [9.17, 15) is 0 Å². The second kappa shape index (κ2) is 13.5. The van der Waals surface area contributed by atoms with Gasteiger partial charge in [0, 0.05) is 48.2 Å². The maximum Gasteiger partial charge on any atom is 0.159 e. The van der Waals surface area contributed by atoms with Crippen LogP contribution in [-0.2, 0) is 5.41 Å². The number of aliphatic imine (C=N–C) groups is 2. The molecule has 14 rings (SSSR count). The van der Waals surface area contributed by atoms with E-state index in [0.29, 0.717) is 5.84 Å². The molecule has 9 aromatic carbocycles. The molecule has 1 spiro atoms. The van der Waals surface area contributed by atoms with Gasteiger partial charge < -0.3 is 14.5 Å². The Hall–Kier alpha value is -7.93. The van der Waals surface area contributed by atoms with Crippen LogP contribution in [0.5, 0.6) is 0 Å². The summed E-state index contributed by atoms with van der Waals surface area (Å²) in [5.41, 5.74) is 14.9. The molecule has 0 fully saturated rings. The van der Waals surface area contributed by atoms with Gasteiger partial charge in [-0.25, -0.2) is 9.98 Å². The van der Waals surface area contributed by atoms with Crippen LogP contribution in [0.25, 0.3) is 55.0 Å². The van der Waals surface area contributed by atoms with Gasteiger partial charge in [0.2, 0.25) is 0 Å². The van der Waals surface area contributed by atoms with Crippen molar-refractivity contribution < 1.29 is 0 Å².